The van der Waals surface area contributed by atoms with Crippen molar-refractivity contribution >= 4 is 29.3 Å². The second kappa shape index (κ2) is 5.58. The van der Waals surface area contributed by atoms with E-state index >= 15 is 0 Å². The maximum Gasteiger partial charge on any atom is 0.418 e. The number of hydrogen-bond acceptors (Lipinski definition) is 3. The van der Waals surface area contributed by atoms with Crippen LogP contribution >= 0.6 is 11.6 Å². The molecule has 1 aromatic carbocycles. The minimum Gasteiger partial charge on any atom is -0.354 e. The topological polar surface area (TPSA) is 65.5 Å². The van der Waals surface area contributed by atoms with Crippen molar-refractivity contribution in [2.45, 2.75) is 6.18 Å². The smallest absolute Gasteiger partial charge is 0.354 e. The largest absolute Gasteiger partial charge is 0.418 e. The van der Waals surface area contributed by atoms with Gasteiger partial charge in [0.25, 0.3) is 0 Å². The first-order valence-corrected chi connectivity index (χ1v) is 5.98. The van der Waals surface area contributed by atoms with E-state index in [0.29, 0.717) is 13.1 Å². The maximum absolute atomic E-state index is 12.8. The molecule has 0 fully saturated rings. The molecule has 1 aliphatic rings. The number of benzene rings is 1. The Balaban J connectivity index is 2.18. The zero-order valence-corrected chi connectivity index (χ0v) is 10.8. The highest BCUT2D eigenvalue weighted by molar-refractivity contribution is 6.34. The number of nitrogens with zero attached hydrogens (tertiary/aromatic N) is 1. The second-order valence-electron chi connectivity index (χ2n) is 3.90. The number of halogens is 4. The number of hydrogen-bond donors (Lipinski definition) is 3. The molecule has 0 aliphatic carbocycles. The Hall–Kier alpha value is -1.96. The molecule has 108 valence electrons. The number of amides is 2. The van der Waals surface area contributed by atoms with Crippen molar-refractivity contribution in [3.05, 3.63) is 28.8 Å². The van der Waals surface area contributed by atoms with Crippen LogP contribution < -0.4 is 16.0 Å². The van der Waals surface area contributed by atoms with Crippen LogP contribution in [0.25, 0.3) is 0 Å². The number of carbonyl (C=O) groups is 1. The van der Waals surface area contributed by atoms with Gasteiger partial charge >= 0.3 is 12.2 Å². The predicted molar refractivity (Wildman–Crippen MR) is 68.9 cm³/mol. The van der Waals surface area contributed by atoms with Gasteiger partial charge in [0.1, 0.15) is 0 Å². The molecular weight excluding hydrogens is 297 g/mol. The summed E-state index contributed by atoms with van der Waals surface area (Å²) in [6.07, 6.45) is -4.61. The Morgan fingerprint density at radius 2 is 2.10 bits per heavy atom. The summed E-state index contributed by atoms with van der Waals surface area (Å²) in [5.74, 6) is 0.211. The number of para-hydroxylation sites is 1. The highest BCUT2D eigenvalue weighted by Crippen LogP contribution is 2.38. The van der Waals surface area contributed by atoms with E-state index < -0.39 is 23.5 Å². The minimum absolute atomic E-state index is 0.198. The van der Waals surface area contributed by atoms with Crippen LogP contribution in [0.3, 0.4) is 0 Å². The molecule has 0 saturated carbocycles. The Kier molecular flexibility index (Phi) is 4.03. The fourth-order valence-electron chi connectivity index (χ4n) is 1.62. The van der Waals surface area contributed by atoms with Crippen molar-refractivity contribution < 1.29 is 18.0 Å². The van der Waals surface area contributed by atoms with E-state index in [0.717, 1.165) is 12.1 Å². The summed E-state index contributed by atoms with van der Waals surface area (Å²) in [6.45, 7) is 1.06. The first-order valence-electron chi connectivity index (χ1n) is 5.60. The third kappa shape index (κ3) is 3.32. The number of anilines is 1. The number of aliphatic imine (C=N–C) groups is 1. The summed E-state index contributed by atoms with van der Waals surface area (Å²) in [6, 6.07) is 2.42. The normalized spacial score (nSPS) is 14.5. The summed E-state index contributed by atoms with van der Waals surface area (Å²) in [4.78, 5) is 15.5. The predicted octanol–water partition coefficient (Wildman–Crippen LogP) is 2.44. The van der Waals surface area contributed by atoms with Gasteiger partial charge in [0.15, 0.2) is 5.96 Å². The molecular formula is C11H10ClF3N4O. The van der Waals surface area contributed by atoms with Crippen LogP contribution in [0.2, 0.25) is 5.02 Å². The van der Waals surface area contributed by atoms with E-state index in [1.165, 1.54) is 6.07 Å². The van der Waals surface area contributed by atoms with Crippen LogP contribution in [-0.4, -0.2) is 25.1 Å². The lowest BCUT2D eigenvalue weighted by Gasteiger charge is -2.15. The molecule has 0 saturated heterocycles. The van der Waals surface area contributed by atoms with Gasteiger partial charge in [-0.15, -0.1) is 0 Å². The molecule has 3 N–H and O–H groups in total. The van der Waals surface area contributed by atoms with E-state index in [2.05, 4.69) is 20.9 Å². The molecule has 9 heteroatoms. The Labute approximate surface area is 117 Å². The molecule has 2 amide bonds. The molecule has 1 heterocycles. The highest BCUT2D eigenvalue weighted by Gasteiger charge is 2.34. The van der Waals surface area contributed by atoms with Crippen molar-refractivity contribution in [2.24, 2.45) is 4.99 Å². The number of guanidine groups is 1. The lowest BCUT2D eigenvalue weighted by atomic mass is 10.1. The molecule has 0 radical (unpaired) electrons. The van der Waals surface area contributed by atoms with E-state index in [-0.39, 0.29) is 11.0 Å². The second-order valence-corrected chi connectivity index (χ2v) is 4.30. The van der Waals surface area contributed by atoms with Gasteiger partial charge in [-0.3, -0.25) is 10.3 Å². The lowest BCUT2D eigenvalue weighted by molar-refractivity contribution is -0.136. The molecule has 0 bridgehead atoms. The molecule has 0 unspecified atom stereocenters. The summed E-state index contributed by atoms with van der Waals surface area (Å²) in [7, 11) is 0. The molecule has 0 aromatic heterocycles. The number of urea groups is 1. The molecule has 20 heavy (non-hydrogen) atoms. The van der Waals surface area contributed by atoms with E-state index in [4.69, 9.17) is 11.6 Å². The third-order valence-electron chi connectivity index (χ3n) is 2.46. The van der Waals surface area contributed by atoms with E-state index in [9.17, 15) is 18.0 Å². The summed E-state index contributed by atoms with van der Waals surface area (Å²) >= 11 is 5.71. The Morgan fingerprint density at radius 1 is 1.35 bits per heavy atom. The maximum atomic E-state index is 12.8. The first-order chi connectivity index (χ1) is 9.38. The number of carbonyl (C=O) groups excluding carboxylic acids is 1. The molecule has 0 spiro atoms. The van der Waals surface area contributed by atoms with Crippen LogP contribution in [0, 0.1) is 0 Å². The fraction of sp³-hybridized carbons (Fsp3) is 0.273. The lowest BCUT2D eigenvalue weighted by Crippen LogP contribution is -2.40. The summed E-state index contributed by atoms with van der Waals surface area (Å²) < 4.78 is 38.5. The Morgan fingerprint density at radius 3 is 2.70 bits per heavy atom. The zero-order valence-electron chi connectivity index (χ0n) is 10.0. The molecule has 5 nitrogen and oxygen atoms in total. The van der Waals surface area contributed by atoms with Gasteiger partial charge in [0.05, 0.1) is 22.8 Å². The average molecular weight is 307 g/mol. The average Bonchev–Trinajstić information content (AvgIpc) is 2.83. The summed E-state index contributed by atoms with van der Waals surface area (Å²) in [5.41, 5.74) is -1.50. The highest BCUT2D eigenvalue weighted by atomic mass is 35.5. The standard InChI is InChI=1S/C11H10ClF3N4O/c12-7-3-1-2-6(11(13,14)15)8(7)18-10(20)19-9-16-4-5-17-9/h1-3H,4-5H2,(H3,16,17,18,19,20). The van der Waals surface area contributed by atoms with E-state index in [1.54, 1.807) is 0 Å². The fourth-order valence-corrected chi connectivity index (χ4v) is 1.84. The van der Waals surface area contributed by atoms with Crippen LogP contribution in [0.15, 0.2) is 23.2 Å². The first kappa shape index (κ1) is 14.4. The van der Waals surface area contributed by atoms with Crippen LogP contribution in [0.5, 0.6) is 0 Å². The van der Waals surface area contributed by atoms with Crippen molar-refractivity contribution in [1.82, 2.24) is 10.6 Å². The number of alkyl halides is 3. The molecule has 0 atom stereocenters. The monoisotopic (exact) mass is 306 g/mol. The van der Waals surface area contributed by atoms with Crippen LogP contribution in [0.1, 0.15) is 5.56 Å². The molecule has 1 aliphatic heterocycles. The van der Waals surface area contributed by atoms with Crippen LogP contribution in [0.4, 0.5) is 23.7 Å². The van der Waals surface area contributed by atoms with Gasteiger partial charge < -0.3 is 10.6 Å². The van der Waals surface area contributed by atoms with Gasteiger partial charge in [-0.25, -0.2) is 4.79 Å². The molecule has 2 rings (SSSR count). The summed E-state index contributed by atoms with van der Waals surface area (Å²) in [5, 5.41) is 6.94. The quantitative estimate of drug-likeness (QED) is 0.746. The van der Waals surface area contributed by atoms with Crippen LogP contribution in [-0.2, 0) is 6.18 Å². The minimum atomic E-state index is -4.61. The van der Waals surface area contributed by atoms with Gasteiger partial charge in [-0.2, -0.15) is 13.2 Å². The zero-order chi connectivity index (χ0) is 14.8. The van der Waals surface area contributed by atoms with Gasteiger partial charge in [-0.05, 0) is 12.1 Å². The van der Waals surface area contributed by atoms with Crippen molar-refractivity contribution in [3.8, 4) is 0 Å². The van der Waals surface area contributed by atoms with Crippen molar-refractivity contribution in [3.63, 3.8) is 0 Å². The number of nitrogens with one attached hydrogen (secondary N) is 3. The molecule has 1 aromatic rings. The van der Waals surface area contributed by atoms with Gasteiger partial charge in [-0.1, -0.05) is 17.7 Å². The Bertz CT molecular complexity index is 559. The number of rotatable bonds is 1. The third-order valence-corrected chi connectivity index (χ3v) is 2.78. The van der Waals surface area contributed by atoms with Crippen molar-refractivity contribution in [2.75, 3.05) is 18.4 Å². The van der Waals surface area contributed by atoms with Gasteiger partial charge in [0, 0.05) is 6.54 Å². The van der Waals surface area contributed by atoms with Gasteiger partial charge in [0.2, 0.25) is 0 Å². The van der Waals surface area contributed by atoms with Crippen molar-refractivity contribution in [1.29, 1.82) is 0 Å². The SMILES string of the molecule is O=C(NC1=NCCN1)Nc1c(Cl)cccc1C(F)(F)F. The van der Waals surface area contributed by atoms with E-state index in [1.807, 2.05) is 0 Å².